The van der Waals surface area contributed by atoms with Crippen LogP contribution in [0.2, 0.25) is 0 Å². The Morgan fingerprint density at radius 3 is 2.54 bits per heavy atom. The predicted molar refractivity (Wildman–Crippen MR) is 92.8 cm³/mol. The molecule has 0 aliphatic rings. The minimum absolute atomic E-state index is 0.235. The van der Waals surface area contributed by atoms with Gasteiger partial charge in [-0.3, -0.25) is 0 Å². The molecule has 3 aromatic heterocycles. The second kappa shape index (κ2) is 4.76. The fraction of sp³-hybridized carbons (Fsp3) is 0. The molecule has 0 aliphatic heterocycles. The van der Waals surface area contributed by atoms with Crippen molar-refractivity contribution < 1.29 is 4.98 Å². The van der Waals surface area contributed by atoms with Crippen molar-refractivity contribution in [1.82, 2.24) is 14.6 Å². The summed E-state index contributed by atoms with van der Waals surface area (Å²) in [5.74, 6) is 0. The average molecular weight is 313 g/mol. The van der Waals surface area contributed by atoms with Gasteiger partial charge in [-0.15, -0.1) is 0 Å². The number of H-pyrrole nitrogens is 2. The van der Waals surface area contributed by atoms with Crippen LogP contribution in [0.25, 0.3) is 38.3 Å². The van der Waals surface area contributed by atoms with Gasteiger partial charge in [-0.05, 0) is 34.4 Å². The van der Waals surface area contributed by atoms with E-state index in [9.17, 15) is 4.79 Å². The molecule has 0 saturated carbocycles. The number of benzene rings is 2. The van der Waals surface area contributed by atoms with Crippen molar-refractivity contribution in [2.24, 2.45) is 0 Å². The van der Waals surface area contributed by atoms with Crippen LogP contribution >= 0.6 is 0 Å². The van der Waals surface area contributed by atoms with Crippen molar-refractivity contribution in [3.05, 3.63) is 77.6 Å². The van der Waals surface area contributed by atoms with E-state index in [4.69, 9.17) is 0 Å². The van der Waals surface area contributed by atoms with E-state index in [0.717, 1.165) is 32.7 Å². The number of nitrogens with one attached hydrogen (secondary N) is 2. The van der Waals surface area contributed by atoms with Crippen LogP contribution in [0.1, 0.15) is 0 Å². The Morgan fingerprint density at radius 1 is 1.00 bits per heavy atom. The Labute approximate surface area is 136 Å². The normalized spacial score (nSPS) is 11.5. The van der Waals surface area contributed by atoms with Gasteiger partial charge in [-0.2, -0.15) is 5.10 Å². The molecule has 0 radical (unpaired) electrons. The third-order valence-electron chi connectivity index (χ3n) is 4.40. The first kappa shape index (κ1) is 13.0. The van der Waals surface area contributed by atoms with Gasteiger partial charge in [0.15, 0.2) is 18.0 Å². The number of hydrogen-bond donors (Lipinski definition) is 1. The molecule has 0 aliphatic carbocycles. The van der Waals surface area contributed by atoms with Crippen LogP contribution < -0.4 is 10.7 Å². The van der Waals surface area contributed by atoms with Gasteiger partial charge in [-0.1, -0.05) is 24.3 Å². The summed E-state index contributed by atoms with van der Waals surface area (Å²) in [4.78, 5) is 15.2. The maximum Gasteiger partial charge on any atom is 0.347 e. The molecule has 24 heavy (non-hydrogen) atoms. The van der Waals surface area contributed by atoms with Crippen LogP contribution in [-0.4, -0.2) is 14.6 Å². The first-order valence-corrected chi connectivity index (χ1v) is 7.70. The Bertz CT molecular complexity index is 1270. The summed E-state index contributed by atoms with van der Waals surface area (Å²) in [5, 5.41) is 11.1. The summed E-state index contributed by atoms with van der Waals surface area (Å²) in [7, 11) is 0. The van der Waals surface area contributed by atoms with Crippen molar-refractivity contribution in [1.29, 1.82) is 0 Å². The van der Waals surface area contributed by atoms with Crippen molar-refractivity contribution in [3.8, 4) is 11.1 Å². The minimum atomic E-state index is -0.235. The summed E-state index contributed by atoms with van der Waals surface area (Å²) >= 11 is 0. The molecular weight excluding hydrogens is 300 g/mol. The standard InChI is InChI=1S/C19H12N4O/c24-19-22-21-18-16-9-13-5-2-1-4-12(13)8-15(16)17(11-23(18)19)14-6-3-7-20-10-14/h1-11H,(H,22,24)/p+1. The first-order chi connectivity index (χ1) is 11.8. The molecule has 0 spiro atoms. The molecule has 5 aromatic rings. The maximum atomic E-state index is 12.1. The van der Waals surface area contributed by atoms with Crippen LogP contribution in [0.3, 0.4) is 0 Å². The van der Waals surface area contributed by atoms with Gasteiger partial charge in [0.05, 0.1) is 0 Å². The third-order valence-corrected chi connectivity index (χ3v) is 4.40. The number of fused-ring (bicyclic) bond motifs is 4. The van der Waals surface area contributed by atoms with Crippen LogP contribution in [-0.2, 0) is 0 Å². The summed E-state index contributed by atoms with van der Waals surface area (Å²) in [6.07, 6.45) is 5.64. The van der Waals surface area contributed by atoms with Gasteiger partial charge in [0.2, 0.25) is 0 Å². The van der Waals surface area contributed by atoms with Crippen LogP contribution in [0, 0.1) is 0 Å². The van der Waals surface area contributed by atoms with Gasteiger partial charge < -0.3 is 0 Å². The minimum Gasteiger partial charge on any atom is -0.249 e. The molecule has 0 saturated heterocycles. The monoisotopic (exact) mass is 313 g/mol. The number of rotatable bonds is 1. The molecule has 0 amide bonds. The predicted octanol–water partition coefficient (Wildman–Crippen LogP) is 2.81. The lowest BCUT2D eigenvalue weighted by Gasteiger charge is -2.09. The third kappa shape index (κ3) is 1.78. The number of nitrogens with zero attached hydrogens (tertiary/aromatic N) is 2. The molecule has 0 bridgehead atoms. The van der Waals surface area contributed by atoms with Gasteiger partial charge in [0, 0.05) is 28.8 Å². The largest absolute Gasteiger partial charge is 0.347 e. The van der Waals surface area contributed by atoms with E-state index in [-0.39, 0.29) is 5.69 Å². The fourth-order valence-corrected chi connectivity index (χ4v) is 3.25. The van der Waals surface area contributed by atoms with E-state index in [1.54, 1.807) is 4.40 Å². The van der Waals surface area contributed by atoms with E-state index in [0.29, 0.717) is 5.65 Å². The molecule has 2 N–H and O–H groups in total. The van der Waals surface area contributed by atoms with Crippen molar-refractivity contribution in [2.75, 3.05) is 0 Å². The molecule has 114 valence electrons. The second-order valence-electron chi connectivity index (χ2n) is 5.80. The Balaban J connectivity index is 2.04. The van der Waals surface area contributed by atoms with E-state index in [2.05, 4.69) is 39.4 Å². The van der Waals surface area contributed by atoms with Crippen molar-refractivity contribution in [3.63, 3.8) is 0 Å². The lowest BCUT2D eigenvalue weighted by Crippen LogP contribution is -2.09. The molecule has 0 fully saturated rings. The smallest absolute Gasteiger partial charge is 0.249 e. The molecular formula is C19H13N4O+. The van der Waals surface area contributed by atoms with Crippen LogP contribution in [0.5, 0.6) is 0 Å². The average Bonchev–Trinajstić information content (AvgIpc) is 3.01. The Morgan fingerprint density at radius 2 is 1.79 bits per heavy atom. The van der Waals surface area contributed by atoms with Crippen LogP contribution in [0.15, 0.2) is 71.9 Å². The van der Waals surface area contributed by atoms with Gasteiger partial charge in [0.1, 0.15) is 0 Å². The SMILES string of the molecule is O=c1[nH]nc2c3cc4ccccc4cc3c(-c3ccc[nH+]c3)cn12. The summed E-state index contributed by atoms with van der Waals surface area (Å²) in [5.41, 5.74) is 2.42. The molecule has 5 nitrogen and oxygen atoms in total. The quantitative estimate of drug-likeness (QED) is 0.484. The van der Waals surface area contributed by atoms with E-state index >= 15 is 0 Å². The van der Waals surface area contributed by atoms with Crippen molar-refractivity contribution in [2.45, 2.75) is 0 Å². The Hall–Kier alpha value is -3.47. The van der Waals surface area contributed by atoms with Crippen LogP contribution in [0.4, 0.5) is 0 Å². The summed E-state index contributed by atoms with van der Waals surface area (Å²) < 4.78 is 1.57. The zero-order chi connectivity index (χ0) is 16.1. The maximum absolute atomic E-state index is 12.1. The van der Waals surface area contributed by atoms with Gasteiger partial charge in [-0.25, -0.2) is 19.3 Å². The highest BCUT2D eigenvalue weighted by Gasteiger charge is 2.13. The molecule has 0 atom stereocenters. The lowest BCUT2D eigenvalue weighted by atomic mass is 9.98. The zero-order valence-corrected chi connectivity index (χ0v) is 12.7. The molecule has 5 rings (SSSR count). The summed E-state index contributed by atoms with van der Waals surface area (Å²) in [6.45, 7) is 0. The first-order valence-electron chi connectivity index (χ1n) is 7.70. The highest BCUT2D eigenvalue weighted by molar-refractivity contribution is 6.09. The van der Waals surface area contributed by atoms with E-state index < -0.39 is 0 Å². The number of aromatic amines is 2. The number of aromatic nitrogens is 4. The number of hydrogen-bond acceptors (Lipinski definition) is 2. The molecule has 5 heteroatoms. The van der Waals surface area contributed by atoms with E-state index in [1.165, 1.54) is 0 Å². The van der Waals surface area contributed by atoms with Gasteiger partial charge >= 0.3 is 5.69 Å². The molecule has 0 unspecified atom stereocenters. The highest BCUT2D eigenvalue weighted by atomic mass is 16.1. The Kier molecular flexibility index (Phi) is 2.58. The van der Waals surface area contributed by atoms with Gasteiger partial charge in [0.25, 0.3) is 0 Å². The summed E-state index contributed by atoms with van der Waals surface area (Å²) in [6, 6.07) is 16.4. The fourth-order valence-electron chi connectivity index (χ4n) is 3.25. The molecule has 2 aromatic carbocycles. The van der Waals surface area contributed by atoms with Crippen molar-refractivity contribution >= 4 is 27.2 Å². The van der Waals surface area contributed by atoms with E-state index in [1.807, 2.05) is 42.9 Å². The highest BCUT2D eigenvalue weighted by Crippen LogP contribution is 2.32. The lowest BCUT2D eigenvalue weighted by molar-refractivity contribution is -0.377. The number of pyridine rings is 2. The molecule has 3 heterocycles. The zero-order valence-electron chi connectivity index (χ0n) is 12.7. The topological polar surface area (TPSA) is 64.3 Å². The second-order valence-corrected chi connectivity index (χ2v) is 5.80.